The van der Waals surface area contributed by atoms with Crippen molar-refractivity contribution in [2.24, 2.45) is 0 Å². The van der Waals surface area contributed by atoms with Gasteiger partial charge in [-0.3, -0.25) is 9.78 Å². The number of hydrogen-bond donors (Lipinski definition) is 1. The lowest BCUT2D eigenvalue weighted by Gasteiger charge is -2.04. The first-order valence-electron chi connectivity index (χ1n) is 7.08. The van der Waals surface area contributed by atoms with E-state index in [0.717, 1.165) is 22.7 Å². The lowest BCUT2D eigenvalue weighted by Crippen LogP contribution is -2.27. The van der Waals surface area contributed by atoms with Crippen LogP contribution in [0, 0.1) is 0 Å². The highest BCUT2D eigenvalue weighted by atomic mass is 32.2. The van der Waals surface area contributed by atoms with E-state index in [4.69, 9.17) is 0 Å². The summed E-state index contributed by atoms with van der Waals surface area (Å²) in [6, 6.07) is 3.82. The summed E-state index contributed by atoms with van der Waals surface area (Å²) in [6.07, 6.45) is 7.87. The van der Waals surface area contributed by atoms with Crippen molar-refractivity contribution >= 4 is 29.0 Å². The summed E-state index contributed by atoms with van der Waals surface area (Å²) in [5.74, 6) is 0.513. The fourth-order valence-electron chi connectivity index (χ4n) is 2.29. The molecule has 0 aliphatic heterocycles. The Morgan fingerprint density at radius 2 is 2.19 bits per heavy atom. The first kappa shape index (κ1) is 14.5. The maximum atomic E-state index is 11.8. The Morgan fingerprint density at radius 1 is 1.33 bits per heavy atom. The van der Waals surface area contributed by atoms with Gasteiger partial charge < -0.3 is 5.32 Å². The normalized spacial score (nSPS) is 13.1. The Kier molecular flexibility index (Phi) is 4.87. The molecule has 0 radical (unpaired) electrons. The van der Waals surface area contributed by atoms with Crippen LogP contribution >= 0.6 is 23.1 Å². The third-order valence-corrected chi connectivity index (χ3v) is 5.55. The van der Waals surface area contributed by atoms with Gasteiger partial charge in [0.05, 0.1) is 16.5 Å². The predicted molar refractivity (Wildman–Crippen MR) is 85.8 cm³/mol. The van der Waals surface area contributed by atoms with Crippen LogP contribution in [0.5, 0.6) is 0 Å². The lowest BCUT2D eigenvalue weighted by atomic mass is 10.3. The molecule has 2 aromatic rings. The van der Waals surface area contributed by atoms with Crippen molar-refractivity contribution in [2.75, 3.05) is 12.3 Å². The highest BCUT2D eigenvalue weighted by Gasteiger charge is 2.16. The van der Waals surface area contributed by atoms with Crippen LogP contribution < -0.4 is 5.32 Å². The van der Waals surface area contributed by atoms with E-state index in [-0.39, 0.29) is 5.91 Å². The van der Waals surface area contributed by atoms with Crippen molar-refractivity contribution in [1.82, 2.24) is 15.3 Å². The monoisotopic (exact) mass is 319 g/mol. The molecule has 1 aliphatic rings. The Hall–Kier alpha value is -1.40. The van der Waals surface area contributed by atoms with Crippen molar-refractivity contribution in [3.63, 3.8) is 0 Å². The number of nitrogens with zero attached hydrogens (tertiary/aromatic N) is 2. The standard InChI is InChI=1S/C15H17N3OS2/c19-14(10-20-11-4-7-16-8-5-11)17-9-6-15-18-12-2-1-3-13(12)21-15/h4-5,7-8H,1-3,6,9-10H2,(H,17,19). The van der Waals surface area contributed by atoms with Crippen LogP contribution in [0.25, 0.3) is 0 Å². The molecule has 0 unspecified atom stereocenters. The van der Waals surface area contributed by atoms with E-state index in [1.54, 1.807) is 12.4 Å². The quantitative estimate of drug-likeness (QED) is 0.831. The molecule has 0 saturated carbocycles. The van der Waals surface area contributed by atoms with E-state index in [1.165, 1.54) is 35.2 Å². The number of nitrogens with one attached hydrogen (secondary N) is 1. The molecule has 2 aromatic heterocycles. The summed E-state index contributed by atoms with van der Waals surface area (Å²) in [4.78, 5) is 22.9. The third kappa shape index (κ3) is 4.04. The molecular weight excluding hydrogens is 302 g/mol. The van der Waals surface area contributed by atoms with Crippen LogP contribution in [0.4, 0.5) is 0 Å². The summed E-state index contributed by atoms with van der Waals surface area (Å²) in [7, 11) is 0. The highest BCUT2D eigenvalue weighted by Crippen LogP contribution is 2.27. The Balaban J connectivity index is 1.37. The average molecular weight is 319 g/mol. The van der Waals surface area contributed by atoms with Crippen molar-refractivity contribution in [3.8, 4) is 0 Å². The summed E-state index contributed by atoms with van der Waals surface area (Å²) < 4.78 is 0. The Bertz CT molecular complexity index is 591. The van der Waals surface area contributed by atoms with Crippen LogP contribution in [0.15, 0.2) is 29.4 Å². The highest BCUT2D eigenvalue weighted by molar-refractivity contribution is 8.00. The van der Waals surface area contributed by atoms with Gasteiger partial charge in [0.2, 0.25) is 5.91 Å². The van der Waals surface area contributed by atoms with Crippen LogP contribution in [0.3, 0.4) is 0 Å². The Labute approximate surface area is 132 Å². The number of fused-ring (bicyclic) bond motifs is 1. The molecule has 0 spiro atoms. The van der Waals surface area contributed by atoms with Gasteiger partial charge in [0.1, 0.15) is 0 Å². The molecule has 21 heavy (non-hydrogen) atoms. The second kappa shape index (κ2) is 7.04. The number of carbonyl (C=O) groups excluding carboxylic acids is 1. The first-order chi connectivity index (χ1) is 10.3. The van der Waals surface area contributed by atoms with Crippen LogP contribution in [0.2, 0.25) is 0 Å². The van der Waals surface area contributed by atoms with Gasteiger partial charge in [-0.2, -0.15) is 0 Å². The van der Waals surface area contributed by atoms with Gasteiger partial charge in [-0.1, -0.05) is 0 Å². The number of thioether (sulfide) groups is 1. The molecule has 6 heteroatoms. The second-order valence-electron chi connectivity index (χ2n) is 4.90. The molecule has 0 atom stereocenters. The smallest absolute Gasteiger partial charge is 0.230 e. The molecule has 0 aromatic carbocycles. The molecule has 3 rings (SSSR count). The van der Waals surface area contributed by atoms with Gasteiger partial charge in [0, 0.05) is 35.1 Å². The topological polar surface area (TPSA) is 54.9 Å². The van der Waals surface area contributed by atoms with Gasteiger partial charge in [-0.15, -0.1) is 23.1 Å². The molecule has 1 aliphatic carbocycles. The molecule has 110 valence electrons. The molecule has 1 N–H and O–H groups in total. The van der Waals surface area contributed by atoms with E-state index >= 15 is 0 Å². The molecule has 0 saturated heterocycles. The minimum Gasteiger partial charge on any atom is -0.355 e. The zero-order chi connectivity index (χ0) is 14.5. The van der Waals surface area contributed by atoms with Gasteiger partial charge in [0.15, 0.2) is 0 Å². The van der Waals surface area contributed by atoms with Crippen molar-refractivity contribution in [2.45, 2.75) is 30.6 Å². The molecular formula is C15H17N3OS2. The van der Waals surface area contributed by atoms with Crippen LogP contribution in [-0.2, 0) is 24.1 Å². The first-order valence-corrected chi connectivity index (χ1v) is 8.88. The summed E-state index contributed by atoms with van der Waals surface area (Å²) in [5, 5.41) is 4.11. The van der Waals surface area contributed by atoms with Gasteiger partial charge >= 0.3 is 0 Å². The van der Waals surface area contributed by atoms with Crippen molar-refractivity contribution in [3.05, 3.63) is 40.1 Å². The van der Waals surface area contributed by atoms with E-state index in [1.807, 2.05) is 23.5 Å². The number of carbonyl (C=O) groups is 1. The van der Waals surface area contributed by atoms with E-state index < -0.39 is 0 Å². The number of pyridine rings is 1. The zero-order valence-corrected chi connectivity index (χ0v) is 13.3. The summed E-state index contributed by atoms with van der Waals surface area (Å²) in [6.45, 7) is 0.669. The molecule has 1 amide bonds. The average Bonchev–Trinajstić information content (AvgIpc) is 3.07. The molecule has 4 nitrogen and oxygen atoms in total. The number of hydrogen-bond acceptors (Lipinski definition) is 5. The molecule has 2 heterocycles. The molecule has 0 bridgehead atoms. The summed E-state index contributed by atoms with van der Waals surface area (Å²) in [5.41, 5.74) is 1.29. The minimum absolute atomic E-state index is 0.0703. The van der Waals surface area contributed by atoms with Crippen LogP contribution in [-0.4, -0.2) is 28.2 Å². The number of amides is 1. The van der Waals surface area contributed by atoms with E-state index in [0.29, 0.717) is 12.3 Å². The van der Waals surface area contributed by atoms with E-state index in [2.05, 4.69) is 15.3 Å². The second-order valence-corrected chi connectivity index (χ2v) is 7.12. The predicted octanol–water partition coefficient (Wildman–Crippen LogP) is 2.48. The fourth-order valence-corrected chi connectivity index (χ4v) is 4.16. The summed E-state index contributed by atoms with van der Waals surface area (Å²) >= 11 is 3.34. The molecule has 0 fully saturated rings. The lowest BCUT2D eigenvalue weighted by molar-refractivity contribution is -0.118. The van der Waals surface area contributed by atoms with Gasteiger partial charge in [-0.05, 0) is 31.4 Å². The minimum atomic E-state index is 0.0703. The number of aromatic nitrogens is 2. The number of aryl methyl sites for hydroxylation is 2. The SMILES string of the molecule is O=C(CSc1ccncc1)NCCc1nc2c(s1)CCC2. The fraction of sp³-hybridized carbons (Fsp3) is 0.400. The number of rotatable bonds is 6. The van der Waals surface area contributed by atoms with Gasteiger partial charge in [0.25, 0.3) is 0 Å². The maximum absolute atomic E-state index is 11.8. The van der Waals surface area contributed by atoms with Crippen molar-refractivity contribution < 1.29 is 4.79 Å². The zero-order valence-electron chi connectivity index (χ0n) is 11.7. The third-order valence-electron chi connectivity index (χ3n) is 3.32. The van der Waals surface area contributed by atoms with E-state index in [9.17, 15) is 4.79 Å². The largest absolute Gasteiger partial charge is 0.355 e. The van der Waals surface area contributed by atoms with Crippen molar-refractivity contribution in [1.29, 1.82) is 0 Å². The maximum Gasteiger partial charge on any atom is 0.230 e. The van der Waals surface area contributed by atoms with Crippen LogP contribution in [0.1, 0.15) is 22.0 Å². The number of thiazole rings is 1. The van der Waals surface area contributed by atoms with Gasteiger partial charge in [-0.25, -0.2) is 4.98 Å². The Morgan fingerprint density at radius 3 is 3.00 bits per heavy atom.